The molecule has 2 aromatic carbocycles. The number of hydrogen-bond donors (Lipinski definition) is 1. The zero-order valence-corrected chi connectivity index (χ0v) is 16.0. The van der Waals surface area contributed by atoms with E-state index in [0.717, 1.165) is 11.1 Å². The van der Waals surface area contributed by atoms with E-state index in [9.17, 15) is 4.79 Å². The minimum Gasteiger partial charge on any atom is -0.493 e. The summed E-state index contributed by atoms with van der Waals surface area (Å²) < 4.78 is 16.3. The van der Waals surface area contributed by atoms with E-state index >= 15 is 0 Å². The molecule has 0 amide bonds. The number of nitrogens with zero attached hydrogens (tertiary/aromatic N) is 2. The van der Waals surface area contributed by atoms with E-state index in [1.165, 1.54) is 0 Å². The summed E-state index contributed by atoms with van der Waals surface area (Å²) in [5.41, 5.74) is 2.64. The average Bonchev–Trinajstić information content (AvgIpc) is 2.77. The molecule has 0 unspecified atom stereocenters. The number of carbonyl (C=O) groups is 1. The van der Waals surface area contributed by atoms with Crippen LogP contribution in [0.2, 0.25) is 0 Å². The van der Waals surface area contributed by atoms with E-state index in [0.29, 0.717) is 29.7 Å². The van der Waals surface area contributed by atoms with Gasteiger partial charge in [0.05, 0.1) is 31.7 Å². The van der Waals surface area contributed by atoms with Crippen molar-refractivity contribution >= 4 is 17.9 Å². The minimum absolute atomic E-state index is 0.238. The summed E-state index contributed by atoms with van der Waals surface area (Å²) in [5.74, 6) is 0.730. The monoisotopic (exact) mass is 392 g/mol. The van der Waals surface area contributed by atoms with Crippen LogP contribution < -0.4 is 14.2 Å². The van der Waals surface area contributed by atoms with Gasteiger partial charge in [-0.1, -0.05) is 12.1 Å². The van der Waals surface area contributed by atoms with Crippen LogP contribution in [0, 0.1) is 0 Å². The van der Waals surface area contributed by atoms with Crippen LogP contribution >= 0.6 is 0 Å². The number of ether oxygens (including phenoxy) is 3. The van der Waals surface area contributed by atoms with Gasteiger partial charge in [-0.2, -0.15) is 0 Å². The summed E-state index contributed by atoms with van der Waals surface area (Å²) in [6.07, 6.45) is 3.33. The second-order valence-corrected chi connectivity index (χ2v) is 6.02. The molecule has 3 aromatic rings. The van der Waals surface area contributed by atoms with Crippen LogP contribution in [-0.4, -0.2) is 36.5 Å². The summed E-state index contributed by atoms with van der Waals surface area (Å²) in [6.45, 7) is 0.293. The van der Waals surface area contributed by atoms with Crippen LogP contribution in [0.15, 0.2) is 65.8 Å². The predicted octanol–water partition coefficient (Wildman–Crippen LogP) is 4.13. The molecule has 0 aliphatic heterocycles. The first-order valence-corrected chi connectivity index (χ1v) is 8.76. The highest BCUT2D eigenvalue weighted by molar-refractivity contribution is 5.87. The highest BCUT2D eigenvalue weighted by Gasteiger charge is 2.07. The molecule has 0 aliphatic rings. The van der Waals surface area contributed by atoms with Crippen molar-refractivity contribution in [2.75, 3.05) is 14.2 Å². The first kappa shape index (κ1) is 19.9. The molecule has 0 aliphatic carbocycles. The molecule has 0 fully saturated rings. The zero-order chi connectivity index (χ0) is 20.6. The van der Waals surface area contributed by atoms with Crippen LogP contribution in [0.5, 0.6) is 17.4 Å². The van der Waals surface area contributed by atoms with E-state index in [1.54, 1.807) is 63.0 Å². The Morgan fingerprint density at radius 3 is 2.45 bits per heavy atom. The molecule has 0 bridgehead atoms. The predicted molar refractivity (Wildman–Crippen MR) is 109 cm³/mol. The van der Waals surface area contributed by atoms with Crippen molar-refractivity contribution in [2.24, 2.45) is 4.99 Å². The highest BCUT2D eigenvalue weighted by atomic mass is 16.5. The molecule has 0 spiro atoms. The van der Waals surface area contributed by atoms with Crippen molar-refractivity contribution in [3.8, 4) is 17.4 Å². The van der Waals surface area contributed by atoms with Gasteiger partial charge in [-0.15, -0.1) is 0 Å². The number of rotatable bonds is 8. The second-order valence-electron chi connectivity index (χ2n) is 6.02. The normalized spacial score (nSPS) is 10.7. The SMILES string of the molecule is COc1ccc(N=Cc2ccc(OCc3ccc(C(=O)O)cc3)c(OC)c2)cn1. The zero-order valence-electron chi connectivity index (χ0n) is 16.0. The molecule has 7 nitrogen and oxygen atoms in total. The minimum atomic E-state index is -0.957. The third-order valence-corrected chi connectivity index (χ3v) is 4.08. The summed E-state index contributed by atoms with van der Waals surface area (Å²) in [7, 11) is 3.13. The van der Waals surface area contributed by atoms with Crippen molar-refractivity contribution in [1.82, 2.24) is 4.98 Å². The molecule has 3 rings (SSSR count). The molecule has 7 heteroatoms. The van der Waals surface area contributed by atoms with Crippen molar-refractivity contribution in [3.05, 3.63) is 77.5 Å². The van der Waals surface area contributed by atoms with Crippen LogP contribution in [0.3, 0.4) is 0 Å². The number of aliphatic imine (C=N–C) groups is 1. The molecule has 1 N–H and O–H groups in total. The Morgan fingerprint density at radius 1 is 1.03 bits per heavy atom. The standard InChI is InChI=1S/C22H20N2O5/c1-27-20-11-16(12-23-18-8-10-21(28-2)24-13-18)5-9-19(20)29-14-15-3-6-17(7-4-15)22(25)26/h3-13H,14H2,1-2H3,(H,25,26). The van der Waals surface area contributed by atoms with Gasteiger partial charge in [0.1, 0.15) is 6.61 Å². The van der Waals surface area contributed by atoms with Crippen molar-refractivity contribution in [3.63, 3.8) is 0 Å². The van der Waals surface area contributed by atoms with Crippen molar-refractivity contribution in [1.29, 1.82) is 0 Å². The Labute approximate surface area is 168 Å². The van der Waals surface area contributed by atoms with E-state index in [1.807, 2.05) is 18.2 Å². The quantitative estimate of drug-likeness (QED) is 0.580. The lowest BCUT2D eigenvalue weighted by Crippen LogP contribution is -2.00. The number of aromatic nitrogens is 1. The van der Waals surface area contributed by atoms with Crippen molar-refractivity contribution < 1.29 is 24.1 Å². The number of carboxylic acids is 1. The lowest BCUT2D eigenvalue weighted by atomic mass is 10.1. The third-order valence-electron chi connectivity index (χ3n) is 4.08. The number of pyridine rings is 1. The molecule has 1 heterocycles. The van der Waals surface area contributed by atoms with Gasteiger partial charge in [0.15, 0.2) is 11.5 Å². The van der Waals surface area contributed by atoms with Gasteiger partial charge in [0, 0.05) is 12.3 Å². The lowest BCUT2D eigenvalue weighted by Gasteiger charge is -2.11. The fraction of sp³-hybridized carbons (Fsp3) is 0.136. The van der Waals surface area contributed by atoms with Gasteiger partial charge in [0.2, 0.25) is 5.88 Å². The Bertz CT molecular complexity index is 999. The summed E-state index contributed by atoms with van der Waals surface area (Å²) in [6, 6.07) is 15.6. The molecule has 29 heavy (non-hydrogen) atoms. The molecular weight excluding hydrogens is 372 g/mol. The summed E-state index contributed by atoms with van der Waals surface area (Å²) >= 11 is 0. The molecule has 0 radical (unpaired) electrons. The van der Waals surface area contributed by atoms with Gasteiger partial charge >= 0.3 is 5.97 Å². The van der Waals surface area contributed by atoms with Gasteiger partial charge in [-0.25, -0.2) is 9.78 Å². The van der Waals surface area contributed by atoms with Crippen LogP contribution in [0.1, 0.15) is 21.5 Å². The first-order valence-electron chi connectivity index (χ1n) is 8.76. The number of benzene rings is 2. The Kier molecular flexibility index (Phi) is 6.42. The van der Waals surface area contributed by atoms with E-state index < -0.39 is 5.97 Å². The van der Waals surface area contributed by atoms with E-state index in [-0.39, 0.29) is 5.56 Å². The molecule has 0 saturated carbocycles. The van der Waals surface area contributed by atoms with Crippen LogP contribution in [0.4, 0.5) is 5.69 Å². The largest absolute Gasteiger partial charge is 0.493 e. The average molecular weight is 392 g/mol. The summed E-state index contributed by atoms with van der Waals surface area (Å²) in [4.78, 5) is 19.4. The van der Waals surface area contributed by atoms with E-state index in [4.69, 9.17) is 19.3 Å². The number of hydrogen-bond acceptors (Lipinski definition) is 6. The van der Waals surface area contributed by atoms with Gasteiger partial charge in [0.25, 0.3) is 0 Å². The fourth-order valence-electron chi connectivity index (χ4n) is 2.51. The maximum Gasteiger partial charge on any atom is 0.335 e. The number of aromatic carboxylic acids is 1. The Balaban J connectivity index is 1.67. The topological polar surface area (TPSA) is 90.2 Å². The van der Waals surface area contributed by atoms with Gasteiger partial charge < -0.3 is 19.3 Å². The lowest BCUT2D eigenvalue weighted by molar-refractivity contribution is 0.0697. The molecular formula is C22H20N2O5. The van der Waals surface area contributed by atoms with Gasteiger partial charge in [-0.05, 0) is 47.5 Å². The number of carboxylic acid groups (broad SMARTS) is 1. The van der Waals surface area contributed by atoms with Crippen LogP contribution in [0.25, 0.3) is 0 Å². The second kappa shape index (κ2) is 9.36. The molecule has 0 atom stereocenters. The Hall–Kier alpha value is -3.87. The fourth-order valence-corrected chi connectivity index (χ4v) is 2.51. The number of methoxy groups -OCH3 is 2. The third kappa shape index (κ3) is 5.32. The Morgan fingerprint density at radius 2 is 1.83 bits per heavy atom. The van der Waals surface area contributed by atoms with Crippen molar-refractivity contribution in [2.45, 2.75) is 6.61 Å². The van der Waals surface area contributed by atoms with Gasteiger partial charge in [-0.3, -0.25) is 4.99 Å². The smallest absolute Gasteiger partial charge is 0.335 e. The summed E-state index contributed by atoms with van der Waals surface area (Å²) in [5, 5.41) is 8.95. The first-order chi connectivity index (χ1) is 14.1. The van der Waals surface area contributed by atoms with E-state index in [2.05, 4.69) is 9.98 Å². The molecule has 1 aromatic heterocycles. The molecule has 148 valence electrons. The molecule has 0 saturated heterocycles. The van der Waals surface area contributed by atoms with Crippen LogP contribution in [-0.2, 0) is 6.61 Å². The highest BCUT2D eigenvalue weighted by Crippen LogP contribution is 2.28. The maximum atomic E-state index is 10.9. The maximum absolute atomic E-state index is 10.9.